The average molecular weight is 524 g/mol. The lowest BCUT2D eigenvalue weighted by atomic mass is 9.91. The molecule has 2 aromatic carbocycles. The van der Waals surface area contributed by atoms with Crippen LogP contribution in [0.2, 0.25) is 10.0 Å². The summed E-state index contributed by atoms with van der Waals surface area (Å²) in [4.78, 5) is 15.4. The van der Waals surface area contributed by atoms with Gasteiger partial charge in [0, 0.05) is 15.4 Å². The first-order valence-corrected chi connectivity index (χ1v) is 12.1. The zero-order valence-electron chi connectivity index (χ0n) is 17.3. The molecule has 1 fully saturated rings. The van der Waals surface area contributed by atoms with Crippen LogP contribution in [0.3, 0.4) is 0 Å². The number of hydrogen-bond donors (Lipinski definition) is 1. The van der Waals surface area contributed by atoms with Gasteiger partial charge >= 0.3 is 0 Å². The minimum absolute atomic E-state index is 0.116. The first kappa shape index (κ1) is 22.6. The van der Waals surface area contributed by atoms with E-state index < -0.39 is 0 Å². The highest BCUT2D eigenvalue weighted by Gasteiger charge is 2.40. The van der Waals surface area contributed by atoms with Crippen molar-refractivity contribution in [2.24, 2.45) is 11.0 Å². The number of hydrogen-bond acceptors (Lipinski definition) is 4. The van der Waals surface area contributed by atoms with Gasteiger partial charge in [0.2, 0.25) is 0 Å². The molecule has 0 saturated carbocycles. The van der Waals surface area contributed by atoms with Crippen LogP contribution in [0.5, 0.6) is 0 Å². The van der Waals surface area contributed by atoms with Crippen molar-refractivity contribution >= 4 is 56.4 Å². The monoisotopic (exact) mass is 522 g/mol. The molecular formula is C23H25BrCl2N4O. The number of halogens is 3. The fourth-order valence-electron chi connectivity index (χ4n) is 4.24. The summed E-state index contributed by atoms with van der Waals surface area (Å²) in [5.41, 5.74) is 2.30. The van der Waals surface area contributed by atoms with E-state index in [0.717, 1.165) is 28.8 Å². The number of rotatable bonds is 5. The fourth-order valence-corrected chi connectivity index (χ4v) is 4.99. The highest BCUT2D eigenvalue weighted by molar-refractivity contribution is 9.10. The van der Waals surface area contributed by atoms with Crippen LogP contribution in [0.4, 0.5) is 5.69 Å². The molecule has 2 unspecified atom stereocenters. The molecule has 1 saturated heterocycles. The van der Waals surface area contributed by atoms with Gasteiger partial charge in [-0.05, 0) is 61.8 Å². The van der Waals surface area contributed by atoms with E-state index in [0.29, 0.717) is 22.4 Å². The maximum absolute atomic E-state index is 13.1. The molecule has 2 aliphatic rings. The van der Waals surface area contributed by atoms with Gasteiger partial charge in [-0.2, -0.15) is 5.10 Å². The number of likely N-dealkylation sites (tertiary alicyclic amines) is 1. The number of anilines is 1. The van der Waals surface area contributed by atoms with Gasteiger partial charge in [-0.15, -0.1) is 0 Å². The number of hydrazone groups is 1. The van der Waals surface area contributed by atoms with Crippen LogP contribution in [0.25, 0.3) is 0 Å². The Morgan fingerprint density at radius 1 is 1.13 bits per heavy atom. The van der Waals surface area contributed by atoms with E-state index in [-0.39, 0.29) is 17.9 Å². The van der Waals surface area contributed by atoms with Gasteiger partial charge in [0.25, 0.3) is 5.91 Å². The first-order valence-electron chi connectivity index (χ1n) is 10.5. The summed E-state index contributed by atoms with van der Waals surface area (Å²) in [6, 6.07) is 13.3. The number of benzene rings is 2. The zero-order valence-corrected chi connectivity index (χ0v) is 20.4. The normalized spacial score (nSPS) is 21.8. The number of carbonyl (C=O) groups is 1. The van der Waals surface area contributed by atoms with Crippen molar-refractivity contribution in [1.29, 1.82) is 0 Å². The maximum Gasteiger partial charge on any atom is 0.268 e. The largest absolute Gasteiger partial charge is 0.338 e. The number of amides is 1. The summed E-state index contributed by atoms with van der Waals surface area (Å²) in [5, 5.41) is 10.7. The number of nitrogens with one attached hydrogen (secondary N) is 1. The van der Waals surface area contributed by atoms with Gasteiger partial charge in [0.05, 0.1) is 23.4 Å². The minimum Gasteiger partial charge on any atom is -0.338 e. The molecule has 2 atom stereocenters. The SMILES string of the molecule is CC1C(C(=O)NCN2CCCCC2)=NN(c2ccc(Cl)cc2Cl)C1c1ccc(Br)cc1. The summed E-state index contributed by atoms with van der Waals surface area (Å²) in [5.74, 6) is -0.248. The Balaban J connectivity index is 1.62. The van der Waals surface area contributed by atoms with Gasteiger partial charge in [-0.3, -0.25) is 14.7 Å². The third-order valence-corrected chi connectivity index (χ3v) is 6.96. The lowest BCUT2D eigenvalue weighted by Gasteiger charge is -2.28. The van der Waals surface area contributed by atoms with Crippen LogP contribution in [0, 0.1) is 5.92 Å². The van der Waals surface area contributed by atoms with Crippen molar-refractivity contribution in [2.45, 2.75) is 32.2 Å². The molecule has 8 heteroatoms. The van der Waals surface area contributed by atoms with E-state index in [2.05, 4.69) is 26.1 Å². The molecule has 2 aliphatic heterocycles. The molecule has 5 nitrogen and oxygen atoms in total. The highest BCUT2D eigenvalue weighted by atomic mass is 79.9. The van der Waals surface area contributed by atoms with Crippen LogP contribution in [-0.4, -0.2) is 36.3 Å². The standard InChI is InChI=1S/C23H25BrCl2N4O/c1-15-21(23(31)27-14-29-11-3-2-4-12-29)28-30(20-10-9-18(25)13-19(20)26)22(15)16-5-7-17(24)8-6-16/h5-10,13,15,22H,2-4,11-12,14H2,1H3,(H,27,31). The fraction of sp³-hybridized carbons (Fsp3) is 0.391. The van der Waals surface area contributed by atoms with Crippen LogP contribution in [0.1, 0.15) is 37.8 Å². The third kappa shape index (κ3) is 5.08. The maximum atomic E-state index is 13.1. The number of piperidine rings is 1. The predicted molar refractivity (Wildman–Crippen MR) is 131 cm³/mol. The van der Waals surface area contributed by atoms with E-state index in [4.69, 9.17) is 28.3 Å². The molecular weight excluding hydrogens is 499 g/mol. The van der Waals surface area contributed by atoms with Crippen molar-refractivity contribution < 1.29 is 4.79 Å². The smallest absolute Gasteiger partial charge is 0.268 e. The lowest BCUT2D eigenvalue weighted by molar-refractivity contribution is -0.115. The number of nitrogens with zero attached hydrogens (tertiary/aromatic N) is 3. The second kappa shape index (κ2) is 9.90. The van der Waals surface area contributed by atoms with Gasteiger partial charge in [0.1, 0.15) is 5.71 Å². The summed E-state index contributed by atoms with van der Waals surface area (Å²) in [6.45, 7) is 4.64. The second-order valence-corrected chi connectivity index (χ2v) is 9.81. The van der Waals surface area contributed by atoms with Crippen molar-refractivity contribution in [3.05, 3.63) is 62.5 Å². The second-order valence-electron chi connectivity index (χ2n) is 8.05. The van der Waals surface area contributed by atoms with Crippen molar-refractivity contribution in [2.75, 3.05) is 24.8 Å². The summed E-state index contributed by atoms with van der Waals surface area (Å²) in [6.07, 6.45) is 3.63. The molecule has 0 bridgehead atoms. The van der Waals surface area contributed by atoms with Crippen LogP contribution in [-0.2, 0) is 4.79 Å². The molecule has 4 rings (SSSR count). The molecule has 164 valence electrons. The Morgan fingerprint density at radius 2 is 1.84 bits per heavy atom. The Kier molecular flexibility index (Phi) is 7.22. The number of carbonyl (C=O) groups excluding carboxylic acids is 1. The summed E-state index contributed by atoms with van der Waals surface area (Å²) >= 11 is 16.1. The lowest BCUT2D eigenvalue weighted by Crippen LogP contribution is -2.43. The molecule has 31 heavy (non-hydrogen) atoms. The van der Waals surface area contributed by atoms with E-state index >= 15 is 0 Å². The Hall–Kier alpha value is -1.60. The molecule has 1 amide bonds. The topological polar surface area (TPSA) is 47.9 Å². The molecule has 0 aliphatic carbocycles. The summed E-state index contributed by atoms with van der Waals surface area (Å²) in [7, 11) is 0. The van der Waals surface area contributed by atoms with E-state index in [1.54, 1.807) is 12.1 Å². The molecule has 0 spiro atoms. The van der Waals surface area contributed by atoms with E-state index in [9.17, 15) is 4.79 Å². The van der Waals surface area contributed by atoms with Crippen molar-refractivity contribution in [3.8, 4) is 0 Å². The Morgan fingerprint density at radius 3 is 2.52 bits per heavy atom. The zero-order chi connectivity index (χ0) is 22.0. The quantitative estimate of drug-likeness (QED) is 0.533. The van der Waals surface area contributed by atoms with Crippen molar-refractivity contribution in [1.82, 2.24) is 10.2 Å². The Labute approximate surface area is 201 Å². The molecule has 1 N–H and O–H groups in total. The van der Waals surface area contributed by atoms with Crippen LogP contribution in [0.15, 0.2) is 52.0 Å². The predicted octanol–water partition coefficient (Wildman–Crippen LogP) is 5.87. The van der Waals surface area contributed by atoms with Gasteiger partial charge in [-0.1, -0.05) is 64.6 Å². The van der Waals surface area contributed by atoms with Crippen LogP contribution >= 0.6 is 39.1 Å². The highest BCUT2D eigenvalue weighted by Crippen LogP contribution is 2.42. The van der Waals surface area contributed by atoms with Gasteiger partial charge in [-0.25, -0.2) is 0 Å². The summed E-state index contributed by atoms with van der Waals surface area (Å²) < 4.78 is 0.999. The van der Waals surface area contributed by atoms with Crippen molar-refractivity contribution in [3.63, 3.8) is 0 Å². The molecule has 2 heterocycles. The first-order chi connectivity index (χ1) is 14.9. The minimum atomic E-state index is -0.150. The van der Waals surface area contributed by atoms with Gasteiger partial charge < -0.3 is 5.32 Å². The molecule has 0 radical (unpaired) electrons. The molecule has 0 aromatic heterocycles. The van der Waals surface area contributed by atoms with Gasteiger partial charge in [0.15, 0.2) is 0 Å². The van der Waals surface area contributed by atoms with Crippen LogP contribution < -0.4 is 10.3 Å². The van der Waals surface area contributed by atoms with E-state index in [1.165, 1.54) is 19.3 Å². The molecule has 2 aromatic rings. The van der Waals surface area contributed by atoms with E-state index in [1.807, 2.05) is 42.3 Å². The Bertz CT molecular complexity index is 976. The average Bonchev–Trinajstić information content (AvgIpc) is 3.10. The third-order valence-electron chi connectivity index (χ3n) is 5.90.